The molecule has 0 spiro atoms. The summed E-state index contributed by atoms with van der Waals surface area (Å²) >= 11 is 0. The quantitative estimate of drug-likeness (QED) is 0.738. The molecule has 1 aliphatic rings. The highest BCUT2D eigenvalue weighted by Gasteiger charge is 2.22. The summed E-state index contributed by atoms with van der Waals surface area (Å²) in [6.45, 7) is 2.17. The highest BCUT2D eigenvalue weighted by molar-refractivity contribution is 5.92. The smallest absolute Gasteiger partial charge is 0.295 e. The van der Waals surface area contributed by atoms with Gasteiger partial charge in [0.25, 0.3) is 6.01 Å². The number of oxazole rings is 1. The normalized spacial score (nSPS) is 15.8. The maximum Gasteiger partial charge on any atom is 0.295 e. The molecule has 26 heavy (non-hydrogen) atoms. The van der Waals surface area contributed by atoms with E-state index < -0.39 is 0 Å². The minimum Gasteiger partial charge on any atom is -0.424 e. The number of benzene rings is 2. The van der Waals surface area contributed by atoms with E-state index in [9.17, 15) is 4.79 Å². The number of fused-ring (bicyclic) bond motifs is 1. The van der Waals surface area contributed by atoms with Gasteiger partial charge in [0.2, 0.25) is 5.91 Å². The van der Waals surface area contributed by atoms with E-state index in [1.165, 1.54) is 0 Å². The predicted molar refractivity (Wildman–Crippen MR) is 102 cm³/mol. The van der Waals surface area contributed by atoms with Crippen molar-refractivity contribution in [2.45, 2.75) is 18.9 Å². The van der Waals surface area contributed by atoms with Gasteiger partial charge in [-0.1, -0.05) is 30.3 Å². The van der Waals surface area contributed by atoms with Gasteiger partial charge < -0.3 is 15.1 Å². The van der Waals surface area contributed by atoms with E-state index >= 15 is 0 Å². The Balaban J connectivity index is 1.25. The van der Waals surface area contributed by atoms with Crippen LogP contribution in [0.5, 0.6) is 0 Å². The minimum absolute atomic E-state index is 0.0292. The first-order valence-corrected chi connectivity index (χ1v) is 8.96. The summed E-state index contributed by atoms with van der Waals surface area (Å²) in [6, 6.07) is 18.2. The number of nitrogens with one attached hydrogen (secondary N) is 2. The summed E-state index contributed by atoms with van der Waals surface area (Å²) in [6.07, 6.45) is 1.91. The molecule has 6 heteroatoms. The van der Waals surface area contributed by atoms with Gasteiger partial charge in [-0.2, -0.15) is 4.98 Å². The number of hydrogen-bond donors (Lipinski definition) is 2. The van der Waals surface area contributed by atoms with Gasteiger partial charge in [-0.05, 0) is 37.1 Å². The molecule has 0 bridgehead atoms. The second kappa shape index (κ2) is 7.58. The standard InChI is InChI=1S/C20H22N4O2/c25-19(21-15-6-2-1-3-7-15)14-24-12-10-16(11-13-24)22-20-23-17-8-4-5-9-18(17)26-20/h1-9,16H,10-14H2,(H,21,25)(H,22,23). The summed E-state index contributed by atoms with van der Waals surface area (Å²) in [4.78, 5) is 18.8. The molecule has 1 aromatic heterocycles. The number of amides is 1. The van der Waals surface area contributed by atoms with E-state index in [4.69, 9.17) is 4.42 Å². The van der Waals surface area contributed by atoms with E-state index in [-0.39, 0.29) is 5.91 Å². The van der Waals surface area contributed by atoms with Gasteiger partial charge in [0.1, 0.15) is 5.52 Å². The van der Waals surface area contributed by atoms with Crippen molar-refractivity contribution in [3.8, 4) is 0 Å². The van der Waals surface area contributed by atoms with Crippen molar-refractivity contribution in [1.29, 1.82) is 0 Å². The number of likely N-dealkylation sites (tertiary alicyclic amines) is 1. The number of anilines is 2. The largest absolute Gasteiger partial charge is 0.424 e. The van der Waals surface area contributed by atoms with Gasteiger partial charge in [0, 0.05) is 24.8 Å². The van der Waals surface area contributed by atoms with Crippen LogP contribution in [0.3, 0.4) is 0 Å². The van der Waals surface area contributed by atoms with Gasteiger partial charge >= 0.3 is 0 Å². The average molecular weight is 350 g/mol. The highest BCUT2D eigenvalue weighted by atomic mass is 16.4. The first-order valence-electron chi connectivity index (χ1n) is 8.96. The number of hydrogen-bond acceptors (Lipinski definition) is 5. The monoisotopic (exact) mass is 350 g/mol. The molecule has 1 fully saturated rings. The molecule has 1 amide bonds. The molecule has 0 saturated carbocycles. The summed E-state index contributed by atoms with van der Waals surface area (Å²) < 4.78 is 5.73. The molecule has 1 saturated heterocycles. The first-order chi connectivity index (χ1) is 12.8. The van der Waals surface area contributed by atoms with Gasteiger partial charge in [-0.15, -0.1) is 0 Å². The first kappa shape index (κ1) is 16.6. The molecular formula is C20H22N4O2. The molecule has 1 aliphatic heterocycles. The topological polar surface area (TPSA) is 70.4 Å². The molecule has 6 nitrogen and oxygen atoms in total. The van der Waals surface area contributed by atoms with Crippen LogP contribution in [0.15, 0.2) is 59.0 Å². The van der Waals surface area contributed by atoms with E-state index in [0.717, 1.165) is 42.7 Å². The highest BCUT2D eigenvalue weighted by Crippen LogP contribution is 2.21. The van der Waals surface area contributed by atoms with Crippen molar-refractivity contribution in [2.75, 3.05) is 30.3 Å². The molecule has 2 heterocycles. The molecule has 2 aromatic carbocycles. The fraction of sp³-hybridized carbons (Fsp3) is 0.300. The fourth-order valence-electron chi connectivity index (χ4n) is 3.27. The molecule has 4 rings (SSSR count). The lowest BCUT2D eigenvalue weighted by atomic mass is 10.1. The maximum atomic E-state index is 12.2. The van der Waals surface area contributed by atoms with E-state index in [1.54, 1.807) is 0 Å². The molecule has 0 radical (unpaired) electrons. The van der Waals surface area contributed by atoms with Gasteiger partial charge in [-0.25, -0.2) is 0 Å². The Morgan fingerprint density at radius 3 is 2.58 bits per heavy atom. The van der Waals surface area contributed by atoms with Crippen LogP contribution in [-0.4, -0.2) is 41.5 Å². The third-order valence-corrected chi connectivity index (χ3v) is 4.63. The van der Waals surface area contributed by atoms with E-state index in [2.05, 4.69) is 20.5 Å². The van der Waals surface area contributed by atoms with Crippen molar-refractivity contribution >= 4 is 28.7 Å². The number of carbonyl (C=O) groups excluding carboxylic acids is 1. The number of para-hydroxylation sites is 3. The van der Waals surface area contributed by atoms with Gasteiger partial charge in [-0.3, -0.25) is 9.69 Å². The Morgan fingerprint density at radius 1 is 1.08 bits per heavy atom. The zero-order valence-corrected chi connectivity index (χ0v) is 14.5. The lowest BCUT2D eigenvalue weighted by molar-refractivity contribution is -0.117. The Labute approximate surface area is 152 Å². The molecular weight excluding hydrogens is 328 g/mol. The van der Waals surface area contributed by atoms with E-state index in [1.807, 2.05) is 54.6 Å². The van der Waals surface area contributed by atoms with Crippen LogP contribution in [0.4, 0.5) is 11.7 Å². The second-order valence-corrected chi connectivity index (χ2v) is 6.60. The maximum absolute atomic E-state index is 12.2. The second-order valence-electron chi connectivity index (χ2n) is 6.60. The Morgan fingerprint density at radius 2 is 1.81 bits per heavy atom. The van der Waals surface area contributed by atoms with Crippen LogP contribution in [0.25, 0.3) is 11.1 Å². The predicted octanol–water partition coefficient (Wildman–Crippen LogP) is 3.34. The summed E-state index contributed by atoms with van der Waals surface area (Å²) in [5.41, 5.74) is 2.50. The van der Waals surface area contributed by atoms with Crippen molar-refractivity contribution in [3.05, 3.63) is 54.6 Å². The van der Waals surface area contributed by atoms with E-state index in [0.29, 0.717) is 18.6 Å². The SMILES string of the molecule is O=C(CN1CCC(Nc2nc3ccccc3o2)CC1)Nc1ccccc1. The number of rotatable bonds is 5. The van der Waals surface area contributed by atoms with Gasteiger partial charge in [0.05, 0.1) is 6.54 Å². The van der Waals surface area contributed by atoms with Crippen LogP contribution in [0.1, 0.15) is 12.8 Å². The summed E-state index contributed by atoms with van der Waals surface area (Å²) in [5.74, 6) is 0.0292. The van der Waals surface area contributed by atoms with Gasteiger partial charge in [0.15, 0.2) is 5.58 Å². The lowest BCUT2D eigenvalue weighted by Gasteiger charge is -2.31. The van der Waals surface area contributed by atoms with Crippen LogP contribution in [0, 0.1) is 0 Å². The molecule has 3 aromatic rings. The number of piperidine rings is 1. The fourth-order valence-corrected chi connectivity index (χ4v) is 3.27. The molecule has 0 atom stereocenters. The zero-order chi connectivity index (χ0) is 17.8. The summed E-state index contributed by atoms with van der Waals surface area (Å²) in [7, 11) is 0. The van der Waals surface area contributed by atoms with Crippen LogP contribution < -0.4 is 10.6 Å². The average Bonchev–Trinajstić information content (AvgIpc) is 3.06. The number of aromatic nitrogens is 1. The third kappa shape index (κ3) is 4.03. The molecule has 0 aliphatic carbocycles. The molecule has 134 valence electrons. The Bertz CT molecular complexity index is 837. The Kier molecular flexibility index (Phi) is 4.84. The van der Waals surface area contributed by atoms with Crippen LogP contribution >= 0.6 is 0 Å². The zero-order valence-electron chi connectivity index (χ0n) is 14.5. The third-order valence-electron chi connectivity index (χ3n) is 4.63. The minimum atomic E-state index is 0.0292. The van der Waals surface area contributed by atoms with Crippen molar-refractivity contribution in [2.24, 2.45) is 0 Å². The molecule has 2 N–H and O–H groups in total. The number of nitrogens with zero attached hydrogens (tertiary/aromatic N) is 2. The molecule has 0 unspecified atom stereocenters. The van der Waals surface area contributed by atoms with Crippen LogP contribution in [0.2, 0.25) is 0 Å². The number of carbonyl (C=O) groups is 1. The Hall–Kier alpha value is -2.86. The van der Waals surface area contributed by atoms with Crippen LogP contribution in [-0.2, 0) is 4.79 Å². The summed E-state index contributed by atoms with van der Waals surface area (Å²) in [5, 5.41) is 6.31. The van der Waals surface area contributed by atoms with Crippen molar-refractivity contribution in [3.63, 3.8) is 0 Å². The lowest BCUT2D eigenvalue weighted by Crippen LogP contribution is -2.42. The van der Waals surface area contributed by atoms with Crippen molar-refractivity contribution < 1.29 is 9.21 Å². The van der Waals surface area contributed by atoms with Crippen molar-refractivity contribution in [1.82, 2.24) is 9.88 Å².